The van der Waals surface area contributed by atoms with Crippen LogP contribution in [0.4, 0.5) is 5.69 Å². The quantitative estimate of drug-likeness (QED) is 0.286. The van der Waals surface area contributed by atoms with Crippen molar-refractivity contribution < 1.29 is 14.3 Å². The van der Waals surface area contributed by atoms with Crippen molar-refractivity contribution in [3.63, 3.8) is 0 Å². The predicted octanol–water partition coefficient (Wildman–Crippen LogP) is 7.31. The van der Waals surface area contributed by atoms with E-state index in [0.717, 1.165) is 15.6 Å². The Morgan fingerprint density at radius 2 is 1.85 bits per heavy atom. The van der Waals surface area contributed by atoms with Gasteiger partial charge in [-0.3, -0.25) is 9.69 Å². The molecule has 1 heterocycles. The highest BCUT2D eigenvalue weighted by atomic mass is 79.9. The summed E-state index contributed by atoms with van der Waals surface area (Å²) in [7, 11) is 1.71. The molecule has 0 aromatic heterocycles. The molecule has 3 aromatic rings. The number of nitrogens with zero attached hydrogens (tertiary/aromatic N) is 2. The Balaban J connectivity index is 1.55. The van der Waals surface area contributed by atoms with Crippen LogP contribution in [0, 0.1) is 0 Å². The van der Waals surface area contributed by atoms with E-state index in [2.05, 4.69) is 20.9 Å². The fraction of sp³-hybridized carbons (Fsp3) is 0.154. The molecule has 0 aliphatic carbocycles. The second-order valence-electron chi connectivity index (χ2n) is 7.38. The maximum atomic E-state index is 12.8. The Kier molecular flexibility index (Phi) is 7.98. The fourth-order valence-electron chi connectivity index (χ4n) is 3.21. The number of carbonyl (C=O) groups is 1. The van der Waals surface area contributed by atoms with Gasteiger partial charge in [-0.05, 0) is 82.2 Å². The average molecular weight is 558 g/mol. The Labute approximate surface area is 216 Å². The van der Waals surface area contributed by atoms with Crippen LogP contribution in [0.1, 0.15) is 18.1 Å². The van der Waals surface area contributed by atoms with Crippen molar-refractivity contribution in [2.24, 2.45) is 4.99 Å². The minimum Gasteiger partial charge on any atom is -0.490 e. The minimum absolute atomic E-state index is 0.116. The van der Waals surface area contributed by atoms with Gasteiger partial charge in [-0.15, -0.1) is 0 Å². The molecular formula is C26H22BrClN2O3S. The lowest BCUT2D eigenvalue weighted by Crippen LogP contribution is -2.23. The van der Waals surface area contributed by atoms with Gasteiger partial charge in [0.25, 0.3) is 5.91 Å². The lowest BCUT2D eigenvalue weighted by molar-refractivity contribution is -0.121. The van der Waals surface area contributed by atoms with E-state index >= 15 is 0 Å². The second kappa shape index (κ2) is 11.1. The topological polar surface area (TPSA) is 51.1 Å². The van der Waals surface area contributed by atoms with Crippen molar-refractivity contribution in [1.82, 2.24) is 4.90 Å². The molecular weight excluding hydrogens is 536 g/mol. The number of thioether (sulfide) groups is 1. The number of amides is 1. The number of halogens is 2. The molecule has 1 aliphatic heterocycles. The van der Waals surface area contributed by atoms with E-state index in [1.54, 1.807) is 13.1 Å². The monoisotopic (exact) mass is 556 g/mol. The average Bonchev–Trinajstić information content (AvgIpc) is 3.09. The largest absolute Gasteiger partial charge is 0.490 e. The van der Waals surface area contributed by atoms with E-state index in [9.17, 15) is 4.79 Å². The molecule has 0 atom stereocenters. The number of rotatable bonds is 7. The standard InChI is InChI=1S/C26H22BrClN2O3S/c1-3-32-23-13-18(9-12-22(23)33-16-17-7-5-4-6-8-17)14-24-25(31)30(2)26(34-24)29-19-10-11-20(27)21(28)15-19/h4-15H,3,16H2,1-2H3/b24-14-,29-26?. The van der Waals surface area contributed by atoms with E-state index in [0.29, 0.717) is 45.5 Å². The molecule has 0 unspecified atom stereocenters. The summed E-state index contributed by atoms with van der Waals surface area (Å²) < 4.78 is 12.6. The molecule has 0 saturated carbocycles. The molecule has 1 saturated heterocycles. The lowest BCUT2D eigenvalue weighted by Gasteiger charge is -2.13. The van der Waals surface area contributed by atoms with Gasteiger partial charge < -0.3 is 9.47 Å². The van der Waals surface area contributed by atoms with Crippen LogP contribution in [0.2, 0.25) is 5.02 Å². The number of carbonyl (C=O) groups excluding carboxylic acids is 1. The third-order valence-electron chi connectivity index (χ3n) is 4.93. The van der Waals surface area contributed by atoms with E-state index in [1.165, 1.54) is 16.7 Å². The molecule has 4 rings (SSSR count). The normalized spacial score (nSPS) is 15.9. The highest BCUT2D eigenvalue weighted by molar-refractivity contribution is 9.10. The smallest absolute Gasteiger partial charge is 0.266 e. The van der Waals surface area contributed by atoms with Gasteiger partial charge in [-0.1, -0.05) is 48.0 Å². The molecule has 5 nitrogen and oxygen atoms in total. The first-order chi connectivity index (χ1) is 16.4. The Bertz CT molecular complexity index is 1260. The molecule has 1 fully saturated rings. The van der Waals surface area contributed by atoms with Crippen LogP contribution in [0.25, 0.3) is 6.08 Å². The molecule has 1 aliphatic rings. The molecule has 34 heavy (non-hydrogen) atoms. The Morgan fingerprint density at radius 1 is 1.06 bits per heavy atom. The molecule has 8 heteroatoms. The Hall–Kier alpha value is -2.74. The lowest BCUT2D eigenvalue weighted by atomic mass is 10.1. The Morgan fingerprint density at radius 3 is 2.59 bits per heavy atom. The number of hydrogen-bond acceptors (Lipinski definition) is 5. The highest BCUT2D eigenvalue weighted by Crippen LogP contribution is 2.36. The number of likely N-dealkylation sites (N-methyl/N-ethyl adjacent to an activating group) is 1. The van der Waals surface area contributed by atoms with Crippen molar-refractivity contribution in [2.45, 2.75) is 13.5 Å². The third-order valence-corrected chi connectivity index (χ3v) is 7.23. The molecule has 0 radical (unpaired) electrons. The highest BCUT2D eigenvalue weighted by Gasteiger charge is 2.30. The fourth-order valence-corrected chi connectivity index (χ4v) is 4.61. The van der Waals surface area contributed by atoms with Crippen molar-refractivity contribution in [2.75, 3.05) is 13.7 Å². The van der Waals surface area contributed by atoms with Gasteiger partial charge in [0.2, 0.25) is 0 Å². The summed E-state index contributed by atoms with van der Waals surface area (Å²) in [5.74, 6) is 1.18. The number of ether oxygens (including phenoxy) is 2. The molecule has 174 valence electrons. The zero-order valence-corrected chi connectivity index (χ0v) is 21.8. The number of aliphatic imine (C=N–C) groups is 1. The third kappa shape index (κ3) is 5.84. The van der Waals surface area contributed by atoms with Crippen LogP contribution in [-0.2, 0) is 11.4 Å². The number of hydrogen-bond donors (Lipinski definition) is 0. The summed E-state index contributed by atoms with van der Waals surface area (Å²) in [4.78, 5) is 19.5. The van der Waals surface area contributed by atoms with E-state index in [-0.39, 0.29) is 5.91 Å². The van der Waals surface area contributed by atoms with Crippen LogP contribution in [0.3, 0.4) is 0 Å². The van der Waals surface area contributed by atoms with Gasteiger partial charge >= 0.3 is 0 Å². The summed E-state index contributed by atoms with van der Waals surface area (Å²) in [6.07, 6.45) is 1.84. The first kappa shape index (κ1) is 24.4. The maximum absolute atomic E-state index is 12.8. The van der Waals surface area contributed by atoms with Crippen molar-refractivity contribution >= 4 is 62.1 Å². The van der Waals surface area contributed by atoms with Crippen molar-refractivity contribution in [3.05, 3.63) is 92.3 Å². The van der Waals surface area contributed by atoms with Gasteiger partial charge in [0.05, 0.1) is 22.2 Å². The second-order valence-corrected chi connectivity index (χ2v) is 9.65. The SMILES string of the molecule is CCOc1cc(/C=C2\SC(=Nc3ccc(Br)c(Cl)c3)N(C)C2=O)ccc1OCc1ccccc1. The first-order valence-electron chi connectivity index (χ1n) is 10.6. The first-order valence-corrected chi connectivity index (χ1v) is 12.6. The summed E-state index contributed by atoms with van der Waals surface area (Å²) >= 11 is 10.9. The van der Waals surface area contributed by atoms with Crippen LogP contribution in [-0.4, -0.2) is 29.6 Å². The van der Waals surface area contributed by atoms with Gasteiger partial charge in [-0.2, -0.15) is 0 Å². The summed E-state index contributed by atoms with van der Waals surface area (Å²) in [6, 6.07) is 21.0. The van der Waals surface area contributed by atoms with Gasteiger partial charge in [-0.25, -0.2) is 4.99 Å². The number of amidine groups is 1. The molecule has 1 amide bonds. The maximum Gasteiger partial charge on any atom is 0.266 e. The zero-order chi connectivity index (χ0) is 24.1. The molecule has 0 spiro atoms. The minimum atomic E-state index is -0.116. The van der Waals surface area contributed by atoms with E-state index < -0.39 is 0 Å². The molecule has 0 bridgehead atoms. The van der Waals surface area contributed by atoms with E-state index in [4.69, 9.17) is 21.1 Å². The predicted molar refractivity (Wildman–Crippen MR) is 143 cm³/mol. The summed E-state index contributed by atoms with van der Waals surface area (Å²) in [6.45, 7) is 2.87. The van der Waals surface area contributed by atoms with E-state index in [1.807, 2.05) is 73.7 Å². The summed E-state index contributed by atoms with van der Waals surface area (Å²) in [5, 5.41) is 1.15. The van der Waals surface area contributed by atoms with Gasteiger partial charge in [0.15, 0.2) is 16.7 Å². The van der Waals surface area contributed by atoms with Crippen LogP contribution in [0.15, 0.2) is 81.1 Å². The van der Waals surface area contributed by atoms with Crippen molar-refractivity contribution in [1.29, 1.82) is 0 Å². The number of benzene rings is 3. The molecule has 3 aromatic carbocycles. The van der Waals surface area contributed by atoms with Crippen LogP contribution < -0.4 is 9.47 Å². The van der Waals surface area contributed by atoms with Crippen molar-refractivity contribution in [3.8, 4) is 11.5 Å². The zero-order valence-electron chi connectivity index (χ0n) is 18.6. The van der Waals surface area contributed by atoms with Gasteiger partial charge in [0, 0.05) is 11.5 Å². The van der Waals surface area contributed by atoms with Crippen LogP contribution in [0.5, 0.6) is 11.5 Å². The van der Waals surface area contributed by atoms with Crippen LogP contribution >= 0.6 is 39.3 Å². The van der Waals surface area contributed by atoms with Gasteiger partial charge in [0.1, 0.15) is 6.61 Å². The molecule has 0 N–H and O–H groups in total. The summed E-state index contributed by atoms with van der Waals surface area (Å²) in [5.41, 5.74) is 2.59.